The van der Waals surface area contributed by atoms with Crippen molar-refractivity contribution in [2.45, 2.75) is 96.3 Å². The van der Waals surface area contributed by atoms with Crippen molar-refractivity contribution in [2.24, 2.45) is 0 Å². The second-order valence-electron chi connectivity index (χ2n) is 5.81. The molecular weight excluding hydrogens is 327 g/mol. The van der Waals surface area contributed by atoms with E-state index in [9.17, 15) is 8.42 Å². The van der Waals surface area contributed by atoms with Crippen molar-refractivity contribution in [3.63, 3.8) is 0 Å². The van der Waals surface area contributed by atoms with Crippen LogP contribution < -0.4 is 29.6 Å². The third kappa shape index (κ3) is 14.8. The monoisotopic (exact) mass is 361 g/mol. The van der Waals surface area contributed by atoms with Crippen LogP contribution in [0.15, 0.2) is 0 Å². The molecule has 0 amide bonds. The number of unbranched alkanes of at least 4 members (excludes halogenated alkanes) is 10. The van der Waals surface area contributed by atoms with Gasteiger partial charge in [0, 0.05) is 6.61 Å². The maximum atomic E-state index is 11.3. The summed E-state index contributed by atoms with van der Waals surface area (Å²) >= 11 is 0. The Morgan fingerprint density at radius 1 is 0.826 bits per heavy atom. The van der Waals surface area contributed by atoms with Crippen molar-refractivity contribution in [3.05, 3.63) is 0 Å². The molecule has 0 radical (unpaired) electrons. The molecule has 0 aromatic heterocycles. The van der Waals surface area contributed by atoms with Crippen molar-refractivity contribution in [1.29, 1.82) is 0 Å². The first-order valence-corrected chi connectivity index (χ1v) is 10.2. The van der Waals surface area contributed by atoms with Gasteiger partial charge in [0.05, 0.1) is 0 Å². The average Bonchev–Trinajstić information content (AvgIpc) is 2.51. The molecule has 0 aliphatic heterocycles. The van der Waals surface area contributed by atoms with E-state index in [0.29, 0.717) is 6.61 Å². The molecule has 0 heterocycles. The molecule has 0 fully saturated rings. The van der Waals surface area contributed by atoms with E-state index in [0.717, 1.165) is 12.8 Å². The summed E-state index contributed by atoms with van der Waals surface area (Å²) in [5.74, 6) is 0. The zero-order chi connectivity index (χ0) is 16.7. The standard InChI is InChI=1S/C16H34O5S.Na/c1-3-5-6-7-8-9-10-11-12-13-14-15-20-16(4-2)22(18,19)21-17;/h16-17H,3-15H2,1-2H3;/q;+1. The van der Waals surface area contributed by atoms with Gasteiger partial charge in [-0.25, -0.2) is 5.26 Å². The number of hydrogen-bond donors (Lipinski definition) is 1. The predicted molar refractivity (Wildman–Crippen MR) is 89.1 cm³/mol. The van der Waals surface area contributed by atoms with Crippen LogP contribution >= 0.6 is 0 Å². The molecule has 7 heteroatoms. The van der Waals surface area contributed by atoms with E-state index in [1.54, 1.807) is 6.92 Å². The normalized spacial score (nSPS) is 12.8. The van der Waals surface area contributed by atoms with Crippen molar-refractivity contribution in [2.75, 3.05) is 6.61 Å². The molecule has 1 N–H and O–H groups in total. The van der Waals surface area contributed by atoms with Crippen LogP contribution in [0, 0.1) is 0 Å². The second kappa shape index (κ2) is 17.6. The van der Waals surface area contributed by atoms with Crippen molar-refractivity contribution in [3.8, 4) is 0 Å². The number of hydrogen-bond acceptors (Lipinski definition) is 5. The van der Waals surface area contributed by atoms with Gasteiger partial charge in [-0.15, -0.1) is 4.33 Å². The van der Waals surface area contributed by atoms with Crippen LogP contribution in [-0.2, 0) is 19.2 Å². The van der Waals surface area contributed by atoms with Gasteiger partial charge in [-0.3, -0.25) is 0 Å². The molecule has 1 unspecified atom stereocenters. The number of ether oxygens (including phenoxy) is 1. The SMILES string of the molecule is CCCCCCCCCCCCCOC(CC)S(=O)(=O)OO.[Na+]. The Morgan fingerprint density at radius 3 is 1.65 bits per heavy atom. The Kier molecular flexibility index (Phi) is 20.0. The Hall–Kier alpha value is 0.830. The Labute approximate surface area is 164 Å². The van der Waals surface area contributed by atoms with Crippen LogP contribution in [0.25, 0.3) is 0 Å². The second-order valence-corrected chi connectivity index (χ2v) is 7.47. The first-order chi connectivity index (χ1) is 10.6. The van der Waals surface area contributed by atoms with Gasteiger partial charge in [0.25, 0.3) is 0 Å². The van der Waals surface area contributed by atoms with E-state index < -0.39 is 15.6 Å². The molecule has 0 saturated heterocycles. The summed E-state index contributed by atoms with van der Waals surface area (Å²) < 4.78 is 31.3. The quantitative estimate of drug-likeness (QED) is 0.197. The minimum absolute atomic E-state index is 0. The summed E-state index contributed by atoms with van der Waals surface area (Å²) in [6.07, 6.45) is 13.9. The molecular formula is C16H34NaO5S+. The molecule has 1 atom stereocenters. The van der Waals surface area contributed by atoms with Crippen LogP contribution in [0.3, 0.4) is 0 Å². The molecule has 0 aromatic carbocycles. The Balaban J connectivity index is 0. The minimum Gasteiger partial charge on any atom is -0.360 e. The zero-order valence-electron chi connectivity index (χ0n) is 15.3. The topological polar surface area (TPSA) is 72.8 Å². The van der Waals surface area contributed by atoms with Gasteiger partial charge in [0.1, 0.15) is 0 Å². The Bertz CT molecular complexity index is 335. The average molecular weight is 362 g/mol. The first-order valence-electron chi connectivity index (χ1n) is 8.77. The molecule has 134 valence electrons. The van der Waals surface area contributed by atoms with Gasteiger partial charge in [0.2, 0.25) is 0 Å². The van der Waals surface area contributed by atoms with Crippen LogP contribution in [-0.4, -0.2) is 25.7 Å². The van der Waals surface area contributed by atoms with Crippen molar-refractivity contribution < 1.29 is 52.3 Å². The summed E-state index contributed by atoms with van der Waals surface area (Å²) in [5, 5.41) is 8.32. The minimum atomic E-state index is -3.99. The smallest absolute Gasteiger partial charge is 0.360 e. The Morgan fingerprint density at radius 2 is 1.26 bits per heavy atom. The molecule has 23 heavy (non-hydrogen) atoms. The van der Waals surface area contributed by atoms with E-state index in [1.165, 1.54) is 57.8 Å². The molecule has 0 bridgehead atoms. The van der Waals surface area contributed by atoms with Gasteiger partial charge in [-0.1, -0.05) is 78.1 Å². The first kappa shape index (κ1) is 26.1. The summed E-state index contributed by atoms with van der Waals surface area (Å²) in [6.45, 7) is 4.30. The van der Waals surface area contributed by atoms with E-state index in [4.69, 9.17) is 9.99 Å². The fourth-order valence-electron chi connectivity index (χ4n) is 2.43. The van der Waals surface area contributed by atoms with E-state index in [-0.39, 0.29) is 36.0 Å². The van der Waals surface area contributed by atoms with Gasteiger partial charge in [-0.2, -0.15) is 8.42 Å². The van der Waals surface area contributed by atoms with E-state index in [1.807, 2.05) is 0 Å². The fourth-order valence-corrected chi connectivity index (χ4v) is 3.20. The van der Waals surface area contributed by atoms with Gasteiger partial charge in [-0.05, 0) is 12.8 Å². The third-order valence-electron chi connectivity index (χ3n) is 3.81. The molecule has 0 aliphatic rings. The summed E-state index contributed by atoms with van der Waals surface area (Å²) in [7, 11) is -3.99. The molecule has 5 nitrogen and oxygen atoms in total. The fraction of sp³-hybridized carbons (Fsp3) is 1.00. The molecule has 0 rings (SSSR count). The number of rotatable bonds is 16. The van der Waals surface area contributed by atoms with Crippen molar-refractivity contribution in [1.82, 2.24) is 0 Å². The van der Waals surface area contributed by atoms with Crippen LogP contribution in [0.4, 0.5) is 0 Å². The molecule has 0 spiro atoms. The molecule has 0 aromatic rings. The van der Waals surface area contributed by atoms with Gasteiger partial charge in [0.15, 0.2) is 5.44 Å². The summed E-state index contributed by atoms with van der Waals surface area (Å²) in [4.78, 5) is 0. The van der Waals surface area contributed by atoms with Crippen LogP contribution in [0.1, 0.15) is 90.9 Å². The zero-order valence-corrected chi connectivity index (χ0v) is 18.1. The summed E-state index contributed by atoms with van der Waals surface area (Å²) in [5.41, 5.74) is -1.07. The van der Waals surface area contributed by atoms with E-state index in [2.05, 4.69) is 11.3 Å². The van der Waals surface area contributed by atoms with E-state index >= 15 is 0 Å². The maximum Gasteiger partial charge on any atom is 1.00 e. The van der Waals surface area contributed by atoms with Gasteiger partial charge >= 0.3 is 39.7 Å². The third-order valence-corrected chi connectivity index (χ3v) is 5.13. The molecule has 0 aliphatic carbocycles. The summed E-state index contributed by atoms with van der Waals surface area (Å²) in [6, 6.07) is 0. The largest absolute Gasteiger partial charge is 1.00 e. The van der Waals surface area contributed by atoms with Crippen LogP contribution in [0.2, 0.25) is 0 Å². The predicted octanol–water partition coefficient (Wildman–Crippen LogP) is 1.87. The maximum absolute atomic E-state index is 11.3. The molecule has 0 saturated carbocycles. The van der Waals surface area contributed by atoms with Gasteiger partial charge < -0.3 is 4.74 Å². The van der Waals surface area contributed by atoms with Crippen molar-refractivity contribution >= 4 is 10.1 Å². The van der Waals surface area contributed by atoms with Crippen LogP contribution in [0.5, 0.6) is 0 Å².